The van der Waals surface area contributed by atoms with Crippen LogP contribution in [0.1, 0.15) is 37.2 Å². The number of amides is 1. The van der Waals surface area contributed by atoms with Gasteiger partial charge in [-0.15, -0.1) is 24.0 Å². The molecule has 3 N–H and O–H groups in total. The Morgan fingerprint density at radius 3 is 2.75 bits per heavy atom. The normalized spacial score (nSPS) is 20.3. The minimum Gasteiger partial charge on any atom is -0.459 e. The number of carbonyl (C=O) groups is 1. The summed E-state index contributed by atoms with van der Waals surface area (Å²) in [6.07, 6.45) is 3.61. The number of furan rings is 1. The summed E-state index contributed by atoms with van der Waals surface area (Å²) in [5.74, 6) is 0.832. The summed E-state index contributed by atoms with van der Waals surface area (Å²) in [4.78, 5) is 16.3. The zero-order valence-corrected chi connectivity index (χ0v) is 16.6. The zero-order chi connectivity index (χ0) is 16.5. The molecule has 1 saturated heterocycles. The summed E-state index contributed by atoms with van der Waals surface area (Å²) in [6.45, 7) is 7.39. The zero-order valence-electron chi connectivity index (χ0n) is 14.3. The third kappa shape index (κ3) is 6.68. The van der Waals surface area contributed by atoms with E-state index in [1.54, 1.807) is 12.1 Å². The van der Waals surface area contributed by atoms with Crippen LogP contribution in [-0.4, -0.2) is 50.3 Å². The van der Waals surface area contributed by atoms with Gasteiger partial charge in [-0.2, -0.15) is 0 Å². The molecule has 1 aromatic rings. The number of hydrogen-bond donors (Lipinski definition) is 3. The lowest BCUT2D eigenvalue weighted by Crippen LogP contribution is -2.42. The van der Waals surface area contributed by atoms with Crippen LogP contribution in [0.2, 0.25) is 0 Å². The van der Waals surface area contributed by atoms with Crippen molar-refractivity contribution in [3.05, 3.63) is 24.2 Å². The van der Waals surface area contributed by atoms with Crippen LogP contribution in [0.5, 0.6) is 0 Å². The van der Waals surface area contributed by atoms with Gasteiger partial charge >= 0.3 is 0 Å². The number of rotatable bonds is 7. The predicted octanol–water partition coefficient (Wildman–Crippen LogP) is 1.75. The third-order valence-electron chi connectivity index (χ3n) is 3.66. The fourth-order valence-electron chi connectivity index (χ4n) is 2.40. The summed E-state index contributed by atoms with van der Waals surface area (Å²) >= 11 is 0. The van der Waals surface area contributed by atoms with E-state index >= 15 is 0 Å². The molecule has 1 unspecified atom stereocenters. The monoisotopic (exact) mass is 450 g/mol. The Morgan fingerprint density at radius 2 is 2.12 bits per heavy atom. The second kappa shape index (κ2) is 10.5. The minimum atomic E-state index is -0.217. The van der Waals surface area contributed by atoms with E-state index in [2.05, 4.69) is 27.9 Å². The number of nitrogens with zero attached hydrogens (tertiary/aromatic N) is 1. The molecule has 1 amide bonds. The van der Waals surface area contributed by atoms with E-state index in [9.17, 15) is 4.79 Å². The summed E-state index contributed by atoms with van der Waals surface area (Å²) in [6, 6.07) is 3.32. The van der Waals surface area contributed by atoms with Gasteiger partial charge in [0, 0.05) is 26.2 Å². The molecule has 136 valence electrons. The highest BCUT2D eigenvalue weighted by Gasteiger charge is 2.29. The van der Waals surface area contributed by atoms with Gasteiger partial charge in [0.2, 0.25) is 0 Å². The molecule has 0 saturated carbocycles. The molecule has 8 heteroatoms. The van der Waals surface area contributed by atoms with Crippen LogP contribution in [0.15, 0.2) is 27.8 Å². The van der Waals surface area contributed by atoms with E-state index in [1.165, 1.54) is 6.26 Å². The Labute approximate surface area is 160 Å². The molecule has 24 heavy (non-hydrogen) atoms. The third-order valence-corrected chi connectivity index (χ3v) is 3.66. The Morgan fingerprint density at radius 1 is 1.33 bits per heavy atom. The average molecular weight is 450 g/mol. The largest absolute Gasteiger partial charge is 0.459 e. The first-order valence-corrected chi connectivity index (χ1v) is 8.11. The Balaban J connectivity index is 0.00000288. The van der Waals surface area contributed by atoms with Gasteiger partial charge in [-0.05, 0) is 38.8 Å². The molecular formula is C16H27IN4O3. The van der Waals surface area contributed by atoms with Crippen LogP contribution >= 0.6 is 24.0 Å². The van der Waals surface area contributed by atoms with Crippen molar-refractivity contribution in [2.24, 2.45) is 4.99 Å². The van der Waals surface area contributed by atoms with Crippen LogP contribution in [0, 0.1) is 0 Å². The van der Waals surface area contributed by atoms with Gasteiger partial charge in [0.25, 0.3) is 5.91 Å². The van der Waals surface area contributed by atoms with Crippen molar-refractivity contribution >= 4 is 35.8 Å². The van der Waals surface area contributed by atoms with Crippen LogP contribution < -0.4 is 16.0 Å². The maximum Gasteiger partial charge on any atom is 0.287 e. The van der Waals surface area contributed by atoms with E-state index < -0.39 is 0 Å². The molecule has 1 aromatic heterocycles. The molecule has 2 heterocycles. The average Bonchev–Trinajstić information content (AvgIpc) is 3.21. The standard InChI is InChI=1S/C16H26N4O3.HI/c1-3-17-15(20-12-16(2)7-5-11-23-16)19-9-8-18-14(21)13-6-4-10-22-13;/h4,6,10H,3,5,7-9,11-12H2,1-2H3,(H,18,21)(H2,17,19,20);1H. The van der Waals surface area contributed by atoms with Crippen molar-refractivity contribution < 1.29 is 13.9 Å². The minimum absolute atomic E-state index is 0. The number of guanidine groups is 1. The van der Waals surface area contributed by atoms with E-state index in [-0.39, 0.29) is 35.5 Å². The number of carbonyl (C=O) groups excluding carboxylic acids is 1. The number of halogens is 1. The number of hydrogen-bond acceptors (Lipinski definition) is 4. The second-order valence-corrected chi connectivity index (χ2v) is 5.76. The van der Waals surface area contributed by atoms with E-state index in [0.717, 1.165) is 32.0 Å². The van der Waals surface area contributed by atoms with Crippen molar-refractivity contribution in [2.45, 2.75) is 32.3 Å². The van der Waals surface area contributed by atoms with E-state index in [0.29, 0.717) is 25.4 Å². The second-order valence-electron chi connectivity index (χ2n) is 5.76. The van der Waals surface area contributed by atoms with Gasteiger partial charge in [-0.25, -0.2) is 0 Å². The maximum atomic E-state index is 11.7. The van der Waals surface area contributed by atoms with Crippen LogP contribution in [0.4, 0.5) is 0 Å². The number of aliphatic imine (C=N–C) groups is 1. The van der Waals surface area contributed by atoms with Crippen LogP contribution in [-0.2, 0) is 4.74 Å². The lowest BCUT2D eigenvalue weighted by atomic mass is 10.0. The topological polar surface area (TPSA) is 87.9 Å². The van der Waals surface area contributed by atoms with Crippen molar-refractivity contribution in [1.29, 1.82) is 0 Å². The molecule has 0 aliphatic carbocycles. The number of ether oxygens (including phenoxy) is 1. The van der Waals surface area contributed by atoms with Crippen molar-refractivity contribution in [1.82, 2.24) is 16.0 Å². The van der Waals surface area contributed by atoms with Gasteiger partial charge in [0.15, 0.2) is 11.7 Å². The van der Waals surface area contributed by atoms with Crippen LogP contribution in [0.3, 0.4) is 0 Å². The molecule has 7 nitrogen and oxygen atoms in total. The molecule has 1 aliphatic rings. The van der Waals surface area contributed by atoms with Crippen molar-refractivity contribution in [2.75, 3.05) is 32.8 Å². The fourth-order valence-corrected chi connectivity index (χ4v) is 2.40. The van der Waals surface area contributed by atoms with Crippen molar-refractivity contribution in [3.63, 3.8) is 0 Å². The molecule has 0 aromatic carbocycles. The first kappa shape index (κ1) is 20.8. The van der Waals surface area contributed by atoms with E-state index in [4.69, 9.17) is 9.15 Å². The first-order chi connectivity index (χ1) is 11.1. The lowest BCUT2D eigenvalue weighted by Gasteiger charge is -2.21. The molecule has 1 atom stereocenters. The molecule has 1 aliphatic heterocycles. The van der Waals surface area contributed by atoms with E-state index in [1.807, 2.05) is 6.92 Å². The number of nitrogens with one attached hydrogen (secondary N) is 3. The quantitative estimate of drug-likeness (QED) is 0.255. The summed E-state index contributed by atoms with van der Waals surface area (Å²) < 4.78 is 10.8. The Bertz CT molecular complexity index is 513. The molecular weight excluding hydrogens is 423 g/mol. The highest BCUT2D eigenvalue weighted by atomic mass is 127. The SMILES string of the molecule is CCNC(=NCC1(C)CCCO1)NCCNC(=O)c1ccco1.I. The van der Waals surface area contributed by atoms with Crippen LogP contribution in [0.25, 0.3) is 0 Å². The molecule has 0 spiro atoms. The van der Waals surface area contributed by atoms with Gasteiger partial charge in [-0.1, -0.05) is 0 Å². The predicted molar refractivity (Wildman–Crippen MR) is 104 cm³/mol. The first-order valence-electron chi connectivity index (χ1n) is 8.11. The molecule has 0 bridgehead atoms. The molecule has 1 fully saturated rings. The van der Waals surface area contributed by atoms with Gasteiger partial charge < -0.3 is 25.1 Å². The Kier molecular flexibility index (Phi) is 9.12. The van der Waals surface area contributed by atoms with Gasteiger partial charge in [0.1, 0.15) is 0 Å². The van der Waals surface area contributed by atoms with Gasteiger partial charge in [0.05, 0.1) is 18.4 Å². The highest BCUT2D eigenvalue weighted by molar-refractivity contribution is 14.0. The maximum absolute atomic E-state index is 11.7. The highest BCUT2D eigenvalue weighted by Crippen LogP contribution is 2.24. The molecule has 2 rings (SSSR count). The lowest BCUT2D eigenvalue weighted by molar-refractivity contribution is 0.0283. The molecule has 0 radical (unpaired) electrons. The van der Waals surface area contributed by atoms with Crippen molar-refractivity contribution in [3.8, 4) is 0 Å². The van der Waals surface area contributed by atoms with Gasteiger partial charge in [-0.3, -0.25) is 9.79 Å². The summed E-state index contributed by atoms with van der Waals surface area (Å²) in [7, 11) is 0. The smallest absolute Gasteiger partial charge is 0.287 e. The Hall–Kier alpha value is -1.29. The summed E-state index contributed by atoms with van der Waals surface area (Å²) in [5.41, 5.74) is -0.157. The summed E-state index contributed by atoms with van der Waals surface area (Å²) in [5, 5.41) is 9.18. The fraction of sp³-hybridized carbons (Fsp3) is 0.625.